The lowest BCUT2D eigenvalue weighted by Crippen LogP contribution is -2.16. The van der Waals surface area contributed by atoms with Crippen LogP contribution in [0, 0.1) is 12.7 Å². The maximum absolute atomic E-state index is 13.8. The predicted molar refractivity (Wildman–Crippen MR) is 81.8 cm³/mol. The Labute approximate surface area is 129 Å². The Morgan fingerprint density at radius 1 is 1.24 bits per heavy atom. The van der Waals surface area contributed by atoms with Crippen molar-refractivity contribution in [2.75, 3.05) is 5.32 Å². The molecule has 21 heavy (non-hydrogen) atoms. The van der Waals surface area contributed by atoms with Gasteiger partial charge in [0.1, 0.15) is 5.82 Å². The van der Waals surface area contributed by atoms with Gasteiger partial charge in [0.05, 0.1) is 5.56 Å². The molecule has 2 aromatic rings. The van der Waals surface area contributed by atoms with Gasteiger partial charge in [-0.05, 0) is 47.1 Å². The third-order valence-corrected chi connectivity index (χ3v) is 3.69. The van der Waals surface area contributed by atoms with Crippen LogP contribution in [-0.4, -0.2) is 11.8 Å². The van der Waals surface area contributed by atoms with Crippen molar-refractivity contribution in [1.82, 2.24) is 0 Å². The predicted octanol–water partition coefficient (Wildman–Crippen LogP) is 3.25. The number of rotatable bonds is 3. The summed E-state index contributed by atoms with van der Waals surface area (Å²) in [5, 5.41) is 2.59. The van der Waals surface area contributed by atoms with Crippen molar-refractivity contribution in [2.45, 2.75) is 6.92 Å². The van der Waals surface area contributed by atoms with Crippen molar-refractivity contribution < 1.29 is 14.0 Å². The van der Waals surface area contributed by atoms with Gasteiger partial charge < -0.3 is 11.1 Å². The highest BCUT2D eigenvalue weighted by atomic mass is 79.9. The van der Waals surface area contributed by atoms with Crippen molar-refractivity contribution in [3.8, 4) is 0 Å². The fraction of sp³-hybridized carbons (Fsp3) is 0.0667. The molecule has 0 fully saturated rings. The Hall–Kier alpha value is -2.21. The summed E-state index contributed by atoms with van der Waals surface area (Å²) >= 11 is 3.27. The van der Waals surface area contributed by atoms with Gasteiger partial charge in [-0.1, -0.05) is 12.1 Å². The summed E-state index contributed by atoms with van der Waals surface area (Å²) in [5.41, 5.74) is 6.00. The highest BCUT2D eigenvalue weighted by Crippen LogP contribution is 2.23. The van der Waals surface area contributed by atoms with Gasteiger partial charge in [-0.3, -0.25) is 9.59 Å². The van der Waals surface area contributed by atoms with E-state index < -0.39 is 17.6 Å². The molecule has 0 radical (unpaired) electrons. The maximum Gasteiger partial charge on any atom is 0.256 e. The van der Waals surface area contributed by atoms with Gasteiger partial charge in [-0.25, -0.2) is 4.39 Å². The lowest BCUT2D eigenvalue weighted by molar-refractivity contribution is 0.0995. The highest BCUT2D eigenvalue weighted by Gasteiger charge is 2.15. The van der Waals surface area contributed by atoms with Crippen molar-refractivity contribution in [2.24, 2.45) is 5.73 Å². The second-order valence-corrected chi connectivity index (χ2v) is 5.28. The first-order valence-corrected chi connectivity index (χ1v) is 6.85. The maximum atomic E-state index is 13.8. The Kier molecular flexibility index (Phi) is 4.37. The number of hydrogen-bond donors (Lipinski definition) is 2. The van der Waals surface area contributed by atoms with Gasteiger partial charge in [0.25, 0.3) is 5.91 Å². The molecular formula is C15H12BrFN2O2. The largest absolute Gasteiger partial charge is 0.366 e. The summed E-state index contributed by atoms with van der Waals surface area (Å²) in [6.45, 7) is 1.51. The topological polar surface area (TPSA) is 72.2 Å². The number of anilines is 1. The summed E-state index contributed by atoms with van der Waals surface area (Å²) in [6.07, 6.45) is 0. The van der Waals surface area contributed by atoms with Crippen LogP contribution in [0.5, 0.6) is 0 Å². The number of hydrogen-bond acceptors (Lipinski definition) is 2. The minimum absolute atomic E-state index is 0.000488. The molecule has 4 nitrogen and oxygen atoms in total. The number of nitrogens with one attached hydrogen (secondary N) is 1. The third kappa shape index (κ3) is 3.28. The van der Waals surface area contributed by atoms with Crippen LogP contribution < -0.4 is 11.1 Å². The van der Waals surface area contributed by atoms with E-state index in [4.69, 9.17) is 5.73 Å². The Bertz CT molecular complexity index is 732. The normalized spacial score (nSPS) is 10.2. The fourth-order valence-corrected chi connectivity index (χ4v) is 2.25. The van der Waals surface area contributed by atoms with E-state index in [1.54, 1.807) is 24.3 Å². The molecule has 6 heteroatoms. The molecule has 0 atom stereocenters. The molecule has 0 unspecified atom stereocenters. The van der Waals surface area contributed by atoms with E-state index in [1.165, 1.54) is 13.0 Å². The number of halogens is 2. The molecule has 2 rings (SSSR count). The third-order valence-electron chi connectivity index (χ3n) is 3.00. The Morgan fingerprint density at radius 2 is 1.90 bits per heavy atom. The number of benzene rings is 2. The standard InChI is InChI=1S/C15H12BrFN2O2/c1-8-12(17)6-9(14(18)20)7-13(8)19-15(21)10-4-2-3-5-11(10)16/h2-7H,1H3,(H2,18,20)(H,19,21). The first-order valence-electron chi connectivity index (χ1n) is 6.06. The molecule has 0 aliphatic carbocycles. The molecule has 2 amide bonds. The monoisotopic (exact) mass is 350 g/mol. The molecule has 0 aliphatic rings. The smallest absolute Gasteiger partial charge is 0.256 e. The summed E-state index contributed by atoms with van der Waals surface area (Å²) in [6, 6.07) is 9.25. The summed E-state index contributed by atoms with van der Waals surface area (Å²) in [5.74, 6) is -1.77. The Morgan fingerprint density at radius 3 is 2.52 bits per heavy atom. The number of carbonyl (C=O) groups is 2. The van der Waals surface area contributed by atoms with Gasteiger partial charge in [-0.15, -0.1) is 0 Å². The van der Waals surface area contributed by atoms with E-state index in [0.717, 1.165) is 6.07 Å². The average molecular weight is 351 g/mol. The van der Waals surface area contributed by atoms with E-state index in [-0.39, 0.29) is 16.8 Å². The van der Waals surface area contributed by atoms with E-state index in [1.807, 2.05) is 0 Å². The molecule has 0 heterocycles. The van der Waals surface area contributed by atoms with Crippen LogP contribution in [0.3, 0.4) is 0 Å². The number of amides is 2. The molecule has 2 aromatic carbocycles. The molecule has 0 aliphatic heterocycles. The van der Waals surface area contributed by atoms with Gasteiger partial charge in [0, 0.05) is 21.3 Å². The number of nitrogens with two attached hydrogens (primary N) is 1. The first kappa shape index (κ1) is 15.2. The molecule has 0 aromatic heterocycles. The van der Waals surface area contributed by atoms with Crippen LogP contribution in [0.25, 0.3) is 0 Å². The van der Waals surface area contributed by atoms with E-state index in [2.05, 4.69) is 21.2 Å². The lowest BCUT2D eigenvalue weighted by Gasteiger charge is -2.11. The highest BCUT2D eigenvalue weighted by molar-refractivity contribution is 9.10. The van der Waals surface area contributed by atoms with E-state index in [9.17, 15) is 14.0 Å². The molecule has 3 N–H and O–H groups in total. The van der Waals surface area contributed by atoms with Crippen LogP contribution in [0.1, 0.15) is 26.3 Å². The molecule has 0 spiro atoms. The zero-order valence-electron chi connectivity index (χ0n) is 11.1. The van der Waals surface area contributed by atoms with Gasteiger partial charge in [0.15, 0.2) is 0 Å². The van der Waals surface area contributed by atoms with Crippen LogP contribution in [-0.2, 0) is 0 Å². The zero-order valence-corrected chi connectivity index (χ0v) is 12.7. The van der Waals surface area contributed by atoms with Crippen molar-refractivity contribution in [3.63, 3.8) is 0 Å². The molecular weight excluding hydrogens is 339 g/mol. The van der Waals surface area contributed by atoms with Gasteiger partial charge in [0.2, 0.25) is 5.91 Å². The van der Waals surface area contributed by atoms with Crippen molar-refractivity contribution in [3.05, 3.63) is 63.4 Å². The minimum Gasteiger partial charge on any atom is -0.366 e. The zero-order chi connectivity index (χ0) is 15.6. The molecule has 0 saturated carbocycles. The van der Waals surface area contributed by atoms with Crippen LogP contribution in [0.2, 0.25) is 0 Å². The van der Waals surface area contributed by atoms with Gasteiger partial charge in [-0.2, -0.15) is 0 Å². The van der Waals surface area contributed by atoms with Crippen LogP contribution >= 0.6 is 15.9 Å². The molecule has 0 bridgehead atoms. The first-order chi connectivity index (χ1) is 9.90. The second-order valence-electron chi connectivity index (χ2n) is 4.43. The number of primary amides is 1. The van der Waals surface area contributed by atoms with Crippen LogP contribution in [0.15, 0.2) is 40.9 Å². The summed E-state index contributed by atoms with van der Waals surface area (Å²) in [7, 11) is 0. The quantitative estimate of drug-likeness (QED) is 0.891. The van der Waals surface area contributed by atoms with Crippen LogP contribution in [0.4, 0.5) is 10.1 Å². The molecule has 0 saturated heterocycles. The van der Waals surface area contributed by atoms with E-state index in [0.29, 0.717) is 10.0 Å². The minimum atomic E-state index is -0.759. The molecule has 108 valence electrons. The SMILES string of the molecule is Cc1c(F)cc(C(N)=O)cc1NC(=O)c1ccccc1Br. The fourth-order valence-electron chi connectivity index (χ4n) is 1.79. The lowest BCUT2D eigenvalue weighted by atomic mass is 10.1. The van der Waals surface area contributed by atoms with Crippen molar-refractivity contribution in [1.29, 1.82) is 0 Å². The Balaban J connectivity index is 2.38. The summed E-state index contributed by atoms with van der Waals surface area (Å²) < 4.78 is 14.4. The van der Waals surface area contributed by atoms with E-state index >= 15 is 0 Å². The summed E-state index contributed by atoms with van der Waals surface area (Å²) in [4.78, 5) is 23.4. The van der Waals surface area contributed by atoms with Gasteiger partial charge >= 0.3 is 0 Å². The van der Waals surface area contributed by atoms with Crippen molar-refractivity contribution >= 4 is 33.4 Å². The second kappa shape index (κ2) is 6.05. The average Bonchev–Trinajstić information content (AvgIpc) is 2.43. The number of carbonyl (C=O) groups excluding carboxylic acids is 2.